The van der Waals surface area contributed by atoms with Gasteiger partial charge in [-0.1, -0.05) is 26.0 Å². The monoisotopic (exact) mass is 229 g/mol. The van der Waals surface area contributed by atoms with Gasteiger partial charge in [0.15, 0.2) is 0 Å². The summed E-state index contributed by atoms with van der Waals surface area (Å²) < 4.78 is 0. The first-order valence-electron chi connectivity index (χ1n) is 6.03. The van der Waals surface area contributed by atoms with Crippen molar-refractivity contribution in [1.29, 1.82) is 0 Å². The van der Waals surface area contributed by atoms with Crippen molar-refractivity contribution in [2.24, 2.45) is 5.92 Å². The average molecular weight is 229 g/mol. The van der Waals surface area contributed by atoms with Crippen molar-refractivity contribution in [2.45, 2.75) is 26.8 Å². The molecule has 1 aromatic heterocycles. The van der Waals surface area contributed by atoms with Crippen LogP contribution < -0.4 is 5.32 Å². The molecule has 0 fully saturated rings. The summed E-state index contributed by atoms with van der Waals surface area (Å²) in [5.74, 6) is 0.627. The number of aromatic nitrogens is 2. The fourth-order valence-electron chi connectivity index (χ4n) is 1.59. The van der Waals surface area contributed by atoms with Crippen LogP contribution in [0.2, 0.25) is 0 Å². The fraction of sp³-hybridized carbons (Fsp3) is 0.357. The lowest BCUT2D eigenvalue weighted by Crippen LogP contribution is -2.21. The van der Waals surface area contributed by atoms with Gasteiger partial charge in [0.1, 0.15) is 0 Å². The Kier molecular flexibility index (Phi) is 3.47. The molecule has 2 rings (SSSR count). The van der Waals surface area contributed by atoms with Crippen LogP contribution in [-0.2, 0) is 0 Å². The summed E-state index contributed by atoms with van der Waals surface area (Å²) in [4.78, 5) is 0. The quantitative estimate of drug-likeness (QED) is 0.842. The van der Waals surface area contributed by atoms with E-state index in [1.165, 1.54) is 0 Å². The van der Waals surface area contributed by atoms with Crippen molar-refractivity contribution in [2.75, 3.05) is 5.32 Å². The van der Waals surface area contributed by atoms with E-state index >= 15 is 0 Å². The molecule has 1 atom stereocenters. The Labute approximate surface area is 102 Å². The van der Waals surface area contributed by atoms with Gasteiger partial charge >= 0.3 is 0 Å². The zero-order valence-corrected chi connectivity index (χ0v) is 10.6. The topological polar surface area (TPSA) is 40.7 Å². The van der Waals surface area contributed by atoms with Crippen molar-refractivity contribution in [3.63, 3.8) is 0 Å². The van der Waals surface area contributed by atoms with Crippen LogP contribution in [0.4, 0.5) is 5.69 Å². The molecule has 1 aromatic carbocycles. The summed E-state index contributed by atoms with van der Waals surface area (Å²) >= 11 is 0. The first-order chi connectivity index (χ1) is 8.16. The van der Waals surface area contributed by atoms with E-state index in [1.807, 2.05) is 6.07 Å². The van der Waals surface area contributed by atoms with Gasteiger partial charge in [-0.25, -0.2) is 0 Å². The Hall–Kier alpha value is -1.77. The number of H-pyrrole nitrogens is 1. The first kappa shape index (κ1) is 11.7. The highest BCUT2D eigenvalue weighted by atomic mass is 15.1. The SMILES string of the molecule is CC(C)C(C)Nc1ccc(-c2ccn[nH]2)cc1. The number of hydrogen-bond acceptors (Lipinski definition) is 2. The largest absolute Gasteiger partial charge is 0.382 e. The van der Waals surface area contributed by atoms with Crippen molar-refractivity contribution in [1.82, 2.24) is 10.2 Å². The molecule has 2 N–H and O–H groups in total. The molecule has 0 aliphatic carbocycles. The molecule has 3 heteroatoms. The molecule has 0 bridgehead atoms. The van der Waals surface area contributed by atoms with Crippen LogP contribution in [0.3, 0.4) is 0 Å². The number of benzene rings is 1. The predicted molar refractivity (Wildman–Crippen MR) is 71.9 cm³/mol. The molecular formula is C14H19N3. The molecule has 0 saturated heterocycles. The van der Waals surface area contributed by atoms with Gasteiger partial charge in [0, 0.05) is 17.9 Å². The van der Waals surface area contributed by atoms with Gasteiger partial charge in [0.05, 0.1) is 5.69 Å². The van der Waals surface area contributed by atoms with Crippen LogP contribution >= 0.6 is 0 Å². The summed E-state index contributed by atoms with van der Waals surface area (Å²) in [5.41, 5.74) is 3.37. The predicted octanol–water partition coefficient (Wildman–Crippen LogP) is 3.53. The van der Waals surface area contributed by atoms with Gasteiger partial charge in [-0.15, -0.1) is 0 Å². The van der Waals surface area contributed by atoms with Crippen molar-refractivity contribution in [3.05, 3.63) is 36.5 Å². The van der Waals surface area contributed by atoms with E-state index in [4.69, 9.17) is 0 Å². The highest BCUT2D eigenvalue weighted by Crippen LogP contribution is 2.20. The van der Waals surface area contributed by atoms with E-state index in [-0.39, 0.29) is 0 Å². The summed E-state index contributed by atoms with van der Waals surface area (Å²) in [6.45, 7) is 6.64. The molecule has 0 spiro atoms. The number of nitrogens with one attached hydrogen (secondary N) is 2. The van der Waals surface area contributed by atoms with Crippen LogP contribution in [0.5, 0.6) is 0 Å². The van der Waals surface area contributed by atoms with Crippen LogP contribution in [0.1, 0.15) is 20.8 Å². The van der Waals surface area contributed by atoms with Crippen molar-refractivity contribution >= 4 is 5.69 Å². The highest BCUT2D eigenvalue weighted by Gasteiger charge is 2.06. The molecule has 1 unspecified atom stereocenters. The standard InChI is InChI=1S/C14H19N3/c1-10(2)11(3)16-13-6-4-12(5-7-13)14-8-9-15-17-14/h4-11,16H,1-3H3,(H,15,17). The second kappa shape index (κ2) is 5.04. The van der Waals surface area contributed by atoms with E-state index in [9.17, 15) is 0 Å². The Morgan fingerprint density at radius 3 is 2.29 bits per heavy atom. The molecule has 0 radical (unpaired) electrons. The molecule has 2 aromatic rings. The smallest absolute Gasteiger partial charge is 0.0650 e. The molecule has 17 heavy (non-hydrogen) atoms. The lowest BCUT2D eigenvalue weighted by molar-refractivity contribution is 0.560. The van der Waals surface area contributed by atoms with Crippen molar-refractivity contribution in [3.8, 4) is 11.3 Å². The Morgan fingerprint density at radius 1 is 1.06 bits per heavy atom. The van der Waals surface area contributed by atoms with E-state index < -0.39 is 0 Å². The lowest BCUT2D eigenvalue weighted by Gasteiger charge is -2.18. The molecule has 0 aliphatic heterocycles. The number of nitrogens with zero attached hydrogens (tertiary/aromatic N) is 1. The molecule has 1 heterocycles. The minimum Gasteiger partial charge on any atom is -0.382 e. The minimum absolute atomic E-state index is 0.480. The third-order valence-corrected chi connectivity index (χ3v) is 3.09. The second-order valence-electron chi connectivity index (χ2n) is 4.72. The molecule has 0 aliphatic rings. The second-order valence-corrected chi connectivity index (χ2v) is 4.72. The van der Waals surface area contributed by atoms with Gasteiger partial charge in [0.25, 0.3) is 0 Å². The number of aromatic amines is 1. The molecule has 0 amide bonds. The van der Waals surface area contributed by atoms with Gasteiger partial charge in [0.2, 0.25) is 0 Å². The first-order valence-corrected chi connectivity index (χ1v) is 6.03. The van der Waals surface area contributed by atoms with Crippen molar-refractivity contribution < 1.29 is 0 Å². The normalized spacial score (nSPS) is 12.7. The van der Waals surface area contributed by atoms with Crippen LogP contribution in [0.25, 0.3) is 11.3 Å². The maximum absolute atomic E-state index is 3.95. The van der Waals surface area contributed by atoms with E-state index in [0.717, 1.165) is 16.9 Å². The van der Waals surface area contributed by atoms with E-state index in [1.54, 1.807) is 6.20 Å². The molecular weight excluding hydrogens is 210 g/mol. The third kappa shape index (κ3) is 2.87. The minimum atomic E-state index is 0.480. The van der Waals surface area contributed by atoms with Gasteiger partial charge in [-0.3, -0.25) is 5.10 Å². The molecule has 3 nitrogen and oxygen atoms in total. The number of anilines is 1. The highest BCUT2D eigenvalue weighted by molar-refractivity contribution is 5.62. The van der Waals surface area contributed by atoms with Crippen LogP contribution in [-0.4, -0.2) is 16.2 Å². The summed E-state index contributed by atoms with van der Waals surface area (Å²) in [5, 5.41) is 10.4. The zero-order valence-electron chi connectivity index (χ0n) is 10.6. The Bertz CT molecular complexity index is 443. The van der Waals surface area contributed by atoms with Gasteiger partial charge in [-0.2, -0.15) is 5.10 Å². The fourth-order valence-corrected chi connectivity index (χ4v) is 1.59. The number of hydrogen-bond donors (Lipinski definition) is 2. The summed E-state index contributed by atoms with van der Waals surface area (Å²) in [6.07, 6.45) is 1.77. The average Bonchev–Trinajstić information content (AvgIpc) is 2.83. The maximum Gasteiger partial charge on any atom is 0.0650 e. The van der Waals surface area contributed by atoms with Crippen LogP contribution in [0, 0.1) is 5.92 Å². The summed E-state index contributed by atoms with van der Waals surface area (Å²) in [6, 6.07) is 10.9. The van der Waals surface area contributed by atoms with E-state index in [0.29, 0.717) is 12.0 Å². The Morgan fingerprint density at radius 2 is 1.76 bits per heavy atom. The summed E-state index contributed by atoms with van der Waals surface area (Å²) in [7, 11) is 0. The van der Waals surface area contributed by atoms with Crippen LogP contribution in [0.15, 0.2) is 36.5 Å². The molecule has 0 saturated carbocycles. The molecule has 90 valence electrons. The maximum atomic E-state index is 3.95. The third-order valence-electron chi connectivity index (χ3n) is 3.09. The lowest BCUT2D eigenvalue weighted by atomic mass is 10.1. The van der Waals surface area contributed by atoms with E-state index in [2.05, 4.69) is 60.6 Å². The Balaban J connectivity index is 2.08. The van der Waals surface area contributed by atoms with Gasteiger partial charge < -0.3 is 5.32 Å². The zero-order chi connectivity index (χ0) is 12.3. The number of rotatable bonds is 4. The van der Waals surface area contributed by atoms with Gasteiger partial charge in [-0.05, 0) is 36.6 Å².